The lowest BCUT2D eigenvalue weighted by atomic mass is 10.0. The van der Waals surface area contributed by atoms with Gasteiger partial charge in [0.05, 0.1) is 18.2 Å². The molecule has 9 aromatic carbocycles. The Morgan fingerprint density at radius 1 is 0.406 bits per heavy atom. The van der Waals surface area contributed by atoms with Crippen molar-refractivity contribution in [2.75, 3.05) is 9.80 Å². The highest BCUT2D eigenvalue weighted by Gasteiger charge is 2.22. The number of furan rings is 2. The number of nitrogens with zero attached hydrogens (tertiary/aromatic N) is 4. The average Bonchev–Trinajstić information content (AvgIpc) is 3.90. The van der Waals surface area contributed by atoms with Crippen LogP contribution in [0.1, 0.15) is 38.9 Å². The van der Waals surface area contributed by atoms with E-state index in [0.717, 1.165) is 99.5 Å². The maximum absolute atomic E-state index is 9.54. The first-order chi connectivity index (χ1) is 31.1. The quantitative estimate of drug-likeness (QED) is 0.156. The van der Waals surface area contributed by atoms with E-state index in [0.29, 0.717) is 11.3 Å². The predicted molar refractivity (Wildman–Crippen MR) is 265 cm³/mol. The zero-order valence-electron chi connectivity index (χ0n) is 36.5. The van der Waals surface area contributed by atoms with Crippen LogP contribution in [-0.2, 0) is 0 Å². The van der Waals surface area contributed by atoms with Crippen LogP contribution in [-0.4, -0.2) is 0 Å². The number of benzene rings is 9. The van der Waals surface area contributed by atoms with Gasteiger partial charge in [0.15, 0.2) is 16.9 Å². The zero-order chi connectivity index (χ0) is 44.0. The summed E-state index contributed by atoms with van der Waals surface area (Å²) in [6.45, 7) is 20.5. The molecule has 0 atom stereocenters. The molecular weight excluding hydrogens is 785 g/mol. The predicted octanol–water partition coefficient (Wildman–Crippen LogP) is 17.0. The second-order valence-electron chi connectivity index (χ2n) is 17.1. The van der Waals surface area contributed by atoms with Gasteiger partial charge in [0.25, 0.3) is 0 Å². The minimum Gasteiger partial charge on any atom is -0.451 e. The van der Waals surface area contributed by atoms with Gasteiger partial charge in [-0.2, -0.15) is 5.26 Å². The van der Waals surface area contributed by atoms with Gasteiger partial charge >= 0.3 is 0 Å². The van der Waals surface area contributed by atoms with Crippen LogP contribution in [0, 0.1) is 59.4 Å². The lowest BCUT2D eigenvalue weighted by molar-refractivity contribution is 0.637. The molecule has 0 spiro atoms. The summed E-state index contributed by atoms with van der Waals surface area (Å²) in [5.41, 5.74) is 17.9. The Bertz CT molecular complexity index is 3520. The Hall–Kier alpha value is -8.32. The maximum Gasteiger partial charge on any atom is 0.187 e. The Morgan fingerprint density at radius 2 is 0.766 bits per heavy atom. The van der Waals surface area contributed by atoms with E-state index in [9.17, 15) is 5.26 Å². The molecule has 0 aliphatic rings. The van der Waals surface area contributed by atoms with Crippen LogP contribution in [0.4, 0.5) is 39.8 Å². The van der Waals surface area contributed by atoms with Crippen molar-refractivity contribution in [3.05, 3.63) is 196 Å². The SMILES string of the molecule is [C-]#[N+]c1ccc(N(c2cc(C)c(C)c(C)c2)c2ccc3c(ccc4c5ccc6c7ccc8cc(N(c9ccc(C#N)cc9)c9cc(C)c(C)c(C)c9)ccc8c7oc6c5oc34)c2)cc1. The van der Waals surface area contributed by atoms with Gasteiger partial charge in [-0.15, -0.1) is 0 Å². The highest BCUT2D eigenvalue weighted by Crippen LogP contribution is 2.45. The minimum absolute atomic E-state index is 0.609. The Balaban J connectivity index is 1.03. The molecule has 0 aliphatic heterocycles. The fourth-order valence-corrected chi connectivity index (χ4v) is 9.43. The number of hydrogen-bond donors (Lipinski definition) is 0. The Morgan fingerprint density at radius 3 is 1.17 bits per heavy atom. The van der Waals surface area contributed by atoms with Gasteiger partial charge in [0.2, 0.25) is 0 Å². The first-order valence-electron chi connectivity index (χ1n) is 21.5. The summed E-state index contributed by atoms with van der Waals surface area (Å²) in [5, 5.41) is 17.8. The Kier molecular flexibility index (Phi) is 8.84. The first kappa shape index (κ1) is 38.6. The van der Waals surface area contributed by atoms with Gasteiger partial charge in [-0.3, -0.25) is 0 Å². The normalized spacial score (nSPS) is 11.6. The number of rotatable bonds is 6. The molecule has 0 amide bonds. The summed E-state index contributed by atoms with van der Waals surface area (Å²) in [5.74, 6) is 0. The summed E-state index contributed by atoms with van der Waals surface area (Å²) < 4.78 is 13.8. The highest BCUT2D eigenvalue weighted by atomic mass is 16.4. The van der Waals surface area contributed by atoms with Crippen molar-refractivity contribution in [2.24, 2.45) is 0 Å². The summed E-state index contributed by atoms with van der Waals surface area (Å²) in [4.78, 5) is 8.15. The molecule has 0 fully saturated rings. The highest BCUT2D eigenvalue weighted by molar-refractivity contribution is 6.24. The number of fused-ring (bicyclic) bond motifs is 11. The average molecular weight is 827 g/mol. The van der Waals surface area contributed by atoms with E-state index in [1.54, 1.807) is 0 Å². The molecule has 0 saturated carbocycles. The molecule has 64 heavy (non-hydrogen) atoms. The van der Waals surface area contributed by atoms with E-state index >= 15 is 0 Å². The van der Waals surface area contributed by atoms with Gasteiger partial charge in [-0.25, -0.2) is 4.85 Å². The fraction of sp³-hybridized carbons (Fsp3) is 0.103. The topological polar surface area (TPSA) is 60.9 Å². The van der Waals surface area contributed by atoms with E-state index in [1.807, 2.05) is 48.5 Å². The van der Waals surface area contributed by atoms with Gasteiger partial charge in [-0.05, 0) is 207 Å². The summed E-state index contributed by atoms with van der Waals surface area (Å²) in [6, 6.07) is 52.8. The molecule has 6 heteroatoms. The number of anilines is 6. The molecule has 6 nitrogen and oxygen atoms in total. The molecule has 0 N–H and O–H groups in total. The molecule has 0 radical (unpaired) electrons. The van der Waals surface area contributed by atoms with Crippen LogP contribution in [0.3, 0.4) is 0 Å². The van der Waals surface area contributed by atoms with E-state index in [1.165, 1.54) is 33.4 Å². The maximum atomic E-state index is 9.54. The van der Waals surface area contributed by atoms with Crippen LogP contribution < -0.4 is 9.80 Å². The van der Waals surface area contributed by atoms with E-state index in [2.05, 4.69) is 159 Å². The van der Waals surface area contributed by atoms with Crippen molar-refractivity contribution in [1.82, 2.24) is 0 Å². The van der Waals surface area contributed by atoms with Crippen molar-refractivity contribution in [3.63, 3.8) is 0 Å². The van der Waals surface area contributed by atoms with Gasteiger partial charge in [0, 0.05) is 66.4 Å². The largest absolute Gasteiger partial charge is 0.451 e. The van der Waals surface area contributed by atoms with E-state index in [-0.39, 0.29) is 0 Å². The van der Waals surface area contributed by atoms with Crippen molar-refractivity contribution in [1.29, 1.82) is 5.26 Å². The van der Waals surface area contributed by atoms with E-state index in [4.69, 9.17) is 15.4 Å². The van der Waals surface area contributed by atoms with Crippen molar-refractivity contribution in [3.8, 4) is 6.07 Å². The molecule has 2 aromatic heterocycles. The summed E-state index contributed by atoms with van der Waals surface area (Å²) >= 11 is 0. The third kappa shape index (κ3) is 6.07. The molecule has 0 aliphatic carbocycles. The molecule has 2 heterocycles. The third-order valence-corrected chi connectivity index (χ3v) is 13.4. The fourth-order valence-electron chi connectivity index (χ4n) is 9.43. The molecule has 0 unspecified atom stereocenters. The van der Waals surface area contributed by atoms with Crippen LogP contribution in [0.25, 0.3) is 70.3 Å². The van der Waals surface area contributed by atoms with Gasteiger partial charge in [0.1, 0.15) is 11.2 Å². The third-order valence-electron chi connectivity index (χ3n) is 13.4. The monoisotopic (exact) mass is 826 g/mol. The summed E-state index contributed by atoms with van der Waals surface area (Å²) in [6.07, 6.45) is 0. The second kappa shape index (κ2) is 14.7. The lowest BCUT2D eigenvalue weighted by Gasteiger charge is -2.27. The molecular formula is C58H42N4O2. The second-order valence-corrected chi connectivity index (χ2v) is 17.1. The van der Waals surface area contributed by atoms with Crippen LogP contribution in [0.2, 0.25) is 0 Å². The van der Waals surface area contributed by atoms with Crippen molar-refractivity contribution < 1.29 is 8.83 Å². The van der Waals surface area contributed by atoms with Crippen molar-refractivity contribution >= 4 is 105 Å². The summed E-state index contributed by atoms with van der Waals surface area (Å²) in [7, 11) is 0. The minimum atomic E-state index is 0.609. The van der Waals surface area contributed by atoms with Gasteiger partial charge in [-0.1, -0.05) is 24.3 Å². The number of hydrogen-bond acceptors (Lipinski definition) is 5. The smallest absolute Gasteiger partial charge is 0.187 e. The molecule has 0 saturated heterocycles. The molecule has 306 valence electrons. The molecule has 11 aromatic rings. The van der Waals surface area contributed by atoms with Crippen molar-refractivity contribution in [2.45, 2.75) is 41.5 Å². The first-order valence-corrected chi connectivity index (χ1v) is 21.5. The number of aryl methyl sites for hydroxylation is 4. The van der Waals surface area contributed by atoms with Crippen LogP contribution in [0.15, 0.2) is 154 Å². The van der Waals surface area contributed by atoms with Crippen LogP contribution >= 0.6 is 0 Å². The molecule has 11 rings (SSSR count). The Labute approximate surface area is 371 Å². The van der Waals surface area contributed by atoms with Crippen LogP contribution in [0.5, 0.6) is 0 Å². The molecule has 0 bridgehead atoms. The number of nitriles is 1. The van der Waals surface area contributed by atoms with E-state index < -0.39 is 0 Å². The standard InChI is InChI=1S/C58H42N4O2/c1-33-26-47(27-34(2)37(33)5)61(43-14-8-39(32-59)9-15-43)45-18-22-49-40(30-45)10-20-51-53-24-25-54-52-21-11-41-31-46(19-23-50(41)56(52)64-58(54)57(53)63-55(49)51)62(44-16-12-42(60-7)13-17-44)48-28-35(3)38(6)36(4)29-48/h8-31H,1-6H3. The van der Waals surface area contributed by atoms with Gasteiger partial charge < -0.3 is 18.6 Å². The zero-order valence-corrected chi connectivity index (χ0v) is 36.5. The lowest BCUT2D eigenvalue weighted by Crippen LogP contribution is -2.11.